The summed E-state index contributed by atoms with van der Waals surface area (Å²) < 4.78 is 0. The van der Waals surface area contributed by atoms with E-state index in [4.69, 9.17) is 5.41 Å². The van der Waals surface area contributed by atoms with Crippen molar-refractivity contribution >= 4 is 21.7 Å². The molecule has 2 aromatic rings. The van der Waals surface area contributed by atoms with Gasteiger partial charge in [-0.15, -0.1) is 10.2 Å². The highest BCUT2D eigenvalue weighted by Gasteiger charge is 1.93. The van der Waals surface area contributed by atoms with E-state index in [0.717, 1.165) is 10.3 Å². The molecule has 2 aromatic heterocycles. The minimum Gasteiger partial charge on any atom is -0.352 e. The first kappa shape index (κ1) is 5.55. The molecule has 2 rings (SSSR count). The number of hydrogen-bond acceptors (Lipinski definition) is 4. The summed E-state index contributed by atoms with van der Waals surface area (Å²) in [6.07, 6.45) is 1.79. The molecule has 0 aromatic carbocycles. The average Bonchev–Trinajstić information content (AvgIpc) is 2.33. The summed E-state index contributed by atoms with van der Waals surface area (Å²) in [4.78, 5) is 4.09. The van der Waals surface area contributed by atoms with Crippen LogP contribution in [0.4, 0.5) is 0 Å². The number of aromatic nitrogens is 3. The normalized spacial score (nSPS) is 10.4. The first-order chi connectivity index (χ1) is 4.86. The van der Waals surface area contributed by atoms with Crippen LogP contribution in [0.5, 0.6) is 0 Å². The summed E-state index contributed by atoms with van der Waals surface area (Å²) in [6.45, 7) is 0. The quantitative estimate of drug-likeness (QED) is 0.577. The van der Waals surface area contributed by atoms with Crippen LogP contribution in [0.2, 0.25) is 0 Å². The number of nitrogens with zero attached hydrogens (tertiary/aromatic N) is 2. The van der Waals surface area contributed by atoms with E-state index in [-0.39, 0.29) is 4.80 Å². The van der Waals surface area contributed by atoms with Crippen LogP contribution in [0.1, 0.15) is 0 Å². The number of fused-ring (bicyclic) bond motifs is 1. The summed E-state index contributed by atoms with van der Waals surface area (Å²) >= 11 is 1.29. The standard InChI is InChI=1S/C5H4N4S/c6-5-9-8-3-1-2-7-4(3)10-5/h1-2,6-7H. The van der Waals surface area contributed by atoms with E-state index in [2.05, 4.69) is 15.2 Å². The van der Waals surface area contributed by atoms with Gasteiger partial charge in [-0.05, 0) is 6.07 Å². The van der Waals surface area contributed by atoms with Gasteiger partial charge in [0.1, 0.15) is 10.3 Å². The second-order valence-electron chi connectivity index (χ2n) is 1.80. The third-order valence-corrected chi connectivity index (χ3v) is 1.94. The fraction of sp³-hybridized carbons (Fsp3) is 0. The molecule has 0 spiro atoms. The lowest BCUT2D eigenvalue weighted by Crippen LogP contribution is -2.00. The first-order valence-corrected chi connectivity index (χ1v) is 3.53. The lowest BCUT2D eigenvalue weighted by molar-refractivity contribution is 1.00. The van der Waals surface area contributed by atoms with Gasteiger partial charge in [0, 0.05) is 6.20 Å². The molecule has 5 heteroatoms. The number of hydrogen-bond donors (Lipinski definition) is 2. The van der Waals surface area contributed by atoms with Crippen LogP contribution in [0.15, 0.2) is 12.3 Å². The lowest BCUT2D eigenvalue weighted by atomic mass is 10.6. The molecule has 0 aliphatic carbocycles. The van der Waals surface area contributed by atoms with E-state index in [1.165, 1.54) is 11.3 Å². The van der Waals surface area contributed by atoms with Crippen LogP contribution in [0.25, 0.3) is 10.3 Å². The van der Waals surface area contributed by atoms with Gasteiger partial charge < -0.3 is 4.98 Å². The molecule has 0 saturated heterocycles. The molecule has 10 heavy (non-hydrogen) atoms. The van der Waals surface area contributed by atoms with Gasteiger partial charge in [-0.25, -0.2) is 0 Å². The van der Waals surface area contributed by atoms with Crippen molar-refractivity contribution in [2.75, 3.05) is 0 Å². The molecule has 0 atom stereocenters. The lowest BCUT2D eigenvalue weighted by Gasteiger charge is -1.81. The Kier molecular flexibility index (Phi) is 1.04. The Morgan fingerprint density at radius 3 is 3.30 bits per heavy atom. The molecule has 0 bridgehead atoms. The van der Waals surface area contributed by atoms with Gasteiger partial charge in [0.25, 0.3) is 0 Å². The van der Waals surface area contributed by atoms with E-state index >= 15 is 0 Å². The Labute approximate surface area is 60.1 Å². The zero-order valence-electron chi connectivity index (χ0n) is 4.96. The van der Waals surface area contributed by atoms with Crippen molar-refractivity contribution in [3.05, 3.63) is 17.1 Å². The zero-order valence-corrected chi connectivity index (χ0v) is 5.77. The van der Waals surface area contributed by atoms with Crippen molar-refractivity contribution in [1.82, 2.24) is 15.2 Å². The van der Waals surface area contributed by atoms with Gasteiger partial charge >= 0.3 is 0 Å². The van der Waals surface area contributed by atoms with Crippen LogP contribution in [0.3, 0.4) is 0 Å². The maximum absolute atomic E-state index is 7.14. The zero-order chi connectivity index (χ0) is 6.97. The van der Waals surface area contributed by atoms with Gasteiger partial charge in [-0.2, -0.15) is 0 Å². The van der Waals surface area contributed by atoms with E-state index < -0.39 is 0 Å². The van der Waals surface area contributed by atoms with Crippen LogP contribution in [-0.4, -0.2) is 15.2 Å². The number of aromatic amines is 1. The average molecular weight is 152 g/mol. The van der Waals surface area contributed by atoms with E-state index in [1.807, 2.05) is 6.07 Å². The minimum atomic E-state index is 0.231. The smallest absolute Gasteiger partial charge is 0.224 e. The molecule has 0 fully saturated rings. The predicted molar refractivity (Wildman–Crippen MR) is 37.6 cm³/mol. The third kappa shape index (κ3) is 0.714. The van der Waals surface area contributed by atoms with Crippen LogP contribution in [-0.2, 0) is 0 Å². The molecule has 0 radical (unpaired) electrons. The second-order valence-corrected chi connectivity index (χ2v) is 2.80. The summed E-state index contributed by atoms with van der Waals surface area (Å²) in [5.74, 6) is 0. The predicted octanol–water partition coefficient (Wildman–Crippen LogP) is 0.499. The van der Waals surface area contributed by atoms with Crippen molar-refractivity contribution in [2.45, 2.75) is 0 Å². The van der Waals surface area contributed by atoms with Crippen LogP contribution in [0, 0.1) is 5.41 Å². The molecular formula is C5H4N4S. The van der Waals surface area contributed by atoms with Gasteiger partial charge in [0.05, 0.1) is 0 Å². The van der Waals surface area contributed by atoms with Gasteiger partial charge in [-0.3, -0.25) is 5.41 Å². The largest absolute Gasteiger partial charge is 0.352 e. The Morgan fingerprint density at radius 2 is 2.40 bits per heavy atom. The minimum absolute atomic E-state index is 0.231. The van der Waals surface area contributed by atoms with Crippen molar-refractivity contribution in [3.8, 4) is 0 Å². The fourth-order valence-electron chi connectivity index (χ4n) is 0.723. The Balaban J connectivity index is 2.99. The first-order valence-electron chi connectivity index (χ1n) is 2.72. The summed E-state index contributed by atoms with van der Waals surface area (Å²) in [5, 5.41) is 14.5. The van der Waals surface area contributed by atoms with Gasteiger partial charge in [0.15, 0.2) is 0 Å². The summed E-state index contributed by atoms with van der Waals surface area (Å²) in [5.41, 5.74) is 0.820. The number of H-pyrrole nitrogens is 1. The maximum atomic E-state index is 7.14. The topological polar surface area (TPSA) is 65.4 Å². The second kappa shape index (κ2) is 1.88. The van der Waals surface area contributed by atoms with E-state index in [0.29, 0.717) is 0 Å². The van der Waals surface area contributed by atoms with Crippen LogP contribution < -0.4 is 4.80 Å². The highest BCUT2D eigenvalue weighted by molar-refractivity contribution is 7.15. The molecule has 0 aliphatic rings. The van der Waals surface area contributed by atoms with Crippen molar-refractivity contribution < 1.29 is 0 Å². The summed E-state index contributed by atoms with van der Waals surface area (Å²) in [7, 11) is 0. The van der Waals surface area contributed by atoms with E-state index in [1.54, 1.807) is 6.20 Å². The number of nitrogens with one attached hydrogen (secondary N) is 2. The Morgan fingerprint density at radius 1 is 1.50 bits per heavy atom. The van der Waals surface area contributed by atoms with Crippen LogP contribution >= 0.6 is 11.3 Å². The molecule has 0 aliphatic heterocycles. The van der Waals surface area contributed by atoms with Crippen molar-refractivity contribution in [3.63, 3.8) is 0 Å². The van der Waals surface area contributed by atoms with Crippen molar-refractivity contribution in [2.24, 2.45) is 0 Å². The molecule has 4 nitrogen and oxygen atoms in total. The Bertz CT molecular complexity index is 401. The highest BCUT2D eigenvalue weighted by Crippen LogP contribution is 2.07. The van der Waals surface area contributed by atoms with Gasteiger partial charge in [-0.1, -0.05) is 11.3 Å². The molecular weight excluding hydrogens is 148 g/mol. The number of rotatable bonds is 0. The molecule has 0 saturated carbocycles. The van der Waals surface area contributed by atoms with Crippen molar-refractivity contribution in [1.29, 1.82) is 5.41 Å². The monoisotopic (exact) mass is 152 g/mol. The SMILES string of the molecule is N=c1nnc2cc[nH]c2s1. The molecule has 0 amide bonds. The highest BCUT2D eigenvalue weighted by atomic mass is 32.1. The fourth-order valence-corrected chi connectivity index (χ4v) is 1.34. The van der Waals surface area contributed by atoms with Gasteiger partial charge in [0.2, 0.25) is 4.80 Å². The molecule has 0 unspecified atom stereocenters. The molecule has 2 heterocycles. The third-order valence-electron chi connectivity index (χ3n) is 1.14. The van der Waals surface area contributed by atoms with E-state index in [9.17, 15) is 0 Å². The Hall–Kier alpha value is -1.23. The molecule has 50 valence electrons. The maximum Gasteiger partial charge on any atom is 0.224 e. The summed E-state index contributed by atoms with van der Waals surface area (Å²) in [6, 6.07) is 1.83. The molecule has 2 N–H and O–H groups in total.